The molecule has 35 heavy (non-hydrogen) atoms. The summed E-state index contributed by atoms with van der Waals surface area (Å²) in [6.07, 6.45) is 4.58. The zero-order chi connectivity index (χ0) is 24.1. The number of thiazole rings is 1. The molecule has 10 nitrogen and oxygen atoms in total. The molecule has 0 unspecified atom stereocenters. The highest BCUT2D eigenvalue weighted by Crippen LogP contribution is 2.30. The summed E-state index contributed by atoms with van der Waals surface area (Å²) in [5.41, 5.74) is 8.73. The Morgan fingerprint density at radius 3 is 2.83 bits per heavy atom. The summed E-state index contributed by atoms with van der Waals surface area (Å²) in [5, 5.41) is 4.39. The van der Waals surface area contributed by atoms with Gasteiger partial charge in [-0.3, -0.25) is 14.3 Å². The molecule has 180 valence electrons. The first-order valence-electron chi connectivity index (χ1n) is 11.4. The number of nitrogens with two attached hydrogens (primary N) is 1. The van der Waals surface area contributed by atoms with E-state index >= 15 is 0 Å². The Hall–Kier alpha value is -3.64. The highest BCUT2D eigenvalue weighted by atomic mass is 32.1. The Balaban J connectivity index is 1.21. The zero-order valence-electron chi connectivity index (χ0n) is 19.0. The number of hydrogen-bond acceptors (Lipinski definition) is 9. The summed E-state index contributed by atoms with van der Waals surface area (Å²) >= 11 is 1.08. The monoisotopic (exact) mass is 494 g/mol. The van der Waals surface area contributed by atoms with Gasteiger partial charge < -0.3 is 15.1 Å². The van der Waals surface area contributed by atoms with Gasteiger partial charge in [0.1, 0.15) is 10.5 Å². The van der Waals surface area contributed by atoms with Gasteiger partial charge in [-0.15, -0.1) is 5.10 Å². The normalized spacial score (nSPS) is 15.5. The first kappa shape index (κ1) is 21.9. The summed E-state index contributed by atoms with van der Waals surface area (Å²) in [4.78, 5) is 28.1. The minimum atomic E-state index is -0.232. The van der Waals surface area contributed by atoms with Gasteiger partial charge in [0.05, 0.1) is 12.5 Å². The van der Waals surface area contributed by atoms with Gasteiger partial charge in [-0.2, -0.15) is 9.50 Å². The van der Waals surface area contributed by atoms with Crippen LogP contribution in [-0.2, 0) is 6.54 Å². The van der Waals surface area contributed by atoms with Crippen molar-refractivity contribution in [3.63, 3.8) is 0 Å². The molecular weight excluding hydrogens is 471 g/mol. The van der Waals surface area contributed by atoms with E-state index in [1.807, 2.05) is 13.0 Å². The van der Waals surface area contributed by atoms with E-state index in [9.17, 15) is 9.18 Å². The molecule has 6 rings (SSSR count). The van der Waals surface area contributed by atoms with Gasteiger partial charge in [0.15, 0.2) is 17.1 Å². The van der Waals surface area contributed by atoms with E-state index in [4.69, 9.17) is 10.2 Å². The third kappa shape index (κ3) is 3.88. The summed E-state index contributed by atoms with van der Waals surface area (Å²) in [5.74, 6) is 0.998. The lowest BCUT2D eigenvalue weighted by Gasteiger charge is -2.32. The third-order valence-corrected chi connectivity index (χ3v) is 7.51. The van der Waals surface area contributed by atoms with E-state index in [0.29, 0.717) is 40.7 Å². The molecule has 1 fully saturated rings. The van der Waals surface area contributed by atoms with E-state index in [2.05, 4.69) is 25.0 Å². The number of pyridine rings is 1. The molecule has 0 saturated carbocycles. The van der Waals surface area contributed by atoms with Gasteiger partial charge >= 0.3 is 4.87 Å². The molecule has 12 heteroatoms. The molecule has 0 radical (unpaired) electrons. The minimum absolute atomic E-state index is 0.119. The van der Waals surface area contributed by atoms with Crippen LogP contribution >= 0.6 is 11.3 Å². The van der Waals surface area contributed by atoms with E-state index in [0.717, 1.165) is 48.5 Å². The lowest BCUT2D eigenvalue weighted by Crippen LogP contribution is -2.36. The zero-order valence-corrected chi connectivity index (χ0v) is 19.8. The Bertz CT molecular complexity index is 1580. The van der Waals surface area contributed by atoms with Gasteiger partial charge in [-0.05, 0) is 62.5 Å². The molecule has 6 heterocycles. The molecule has 1 aliphatic heterocycles. The van der Waals surface area contributed by atoms with E-state index in [1.54, 1.807) is 23.0 Å². The number of halogens is 1. The fraction of sp³-hybridized carbons (Fsp3) is 0.348. The number of anilines is 1. The maximum atomic E-state index is 14.3. The highest BCUT2D eigenvalue weighted by molar-refractivity contribution is 7.17. The molecule has 1 aliphatic rings. The molecule has 0 bridgehead atoms. The molecule has 5 aromatic heterocycles. The third-order valence-electron chi connectivity index (χ3n) is 6.55. The number of likely N-dealkylation sites (tertiary alicyclic amines) is 1. The van der Waals surface area contributed by atoms with Crippen molar-refractivity contribution in [3.05, 3.63) is 57.4 Å². The average molecular weight is 495 g/mol. The van der Waals surface area contributed by atoms with Crippen molar-refractivity contribution in [3.8, 4) is 11.6 Å². The van der Waals surface area contributed by atoms with Crippen LogP contribution in [0.5, 0.6) is 0 Å². The maximum Gasteiger partial charge on any atom is 0.309 e. The molecule has 0 aromatic carbocycles. The van der Waals surface area contributed by atoms with Gasteiger partial charge in [-0.1, -0.05) is 11.3 Å². The van der Waals surface area contributed by atoms with E-state index < -0.39 is 0 Å². The van der Waals surface area contributed by atoms with Crippen LogP contribution in [0, 0.1) is 12.7 Å². The van der Waals surface area contributed by atoms with Crippen LogP contribution in [0.1, 0.15) is 30.0 Å². The lowest BCUT2D eigenvalue weighted by atomic mass is 9.89. The number of furan rings is 1. The lowest BCUT2D eigenvalue weighted by molar-refractivity contribution is 0.204. The second kappa shape index (κ2) is 8.54. The predicted molar refractivity (Wildman–Crippen MR) is 130 cm³/mol. The van der Waals surface area contributed by atoms with Crippen molar-refractivity contribution in [1.82, 2.24) is 34.0 Å². The minimum Gasteiger partial charge on any atom is -0.461 e. The number of piperidine rings is 1. The van der Waals surface area contributed by atoms with Gasteiger partial charge in [-0.25, -0.2) is 9.37 Å². The number of aryl methyl sites for hydroxylation is 1. The van der Waals surface area contributed by atoms with Crippen molar-refractivity contribution in [2.75, 3.05) is 25.4 Å². The Labute approximate surface area is 202 Å². The topological polar surface area (TPSA) is 120 Å². The van der Waals surface area contributed by atoms with Crippen LogP contribution in [0.3, 0.4) is 0 Å². The summed E-state index contributed by atoms with van der Waals surface area (Å²) in [6, 6.07) is 5.37. The van der Waals surface area contributed by atoms with Crippen molar-refractivity contribution in [2.45, 2.75) is 32.2 Å². The van der Waals surface area contributed by atoms with Crippen molar-refractivity contribution in [1.29, 1.82) is 0 Å². The van der Waals surface area contributed by atoms with Crippen LogP contribution in [0.25, 0.3) is 27.6 Å². The van der Waals surface area contributed by atoms with Crippen LogP contribution in [0.2, 0.25) is 0 Å². The molecule has 5 aromatic rings. The molecule has 0 aliphatic carbocycles. The molecular formula is C23H23FN8O2S. The van der Waals surface area contributed by atoms with Crippen molar-refractivity contribution < 1.29 is 8.81 Å². The number of nitrogen functional groups attached to an aromatic ring is 1. The second-order valence-corrected chi connectivity index (χ2v) is 9.72. The number of nitrogens with zero attached hydrogens (tertiary/aromatic N) is 7. The molecule has 0 atom stereocenters. The average Bonchev–Trinajstić information content (AvgIpc) is 3.59. The fourth-order valence-electron chi connectivity index (χ4n) is 4.72. The van der Waals surface area contributed by atoms with Gasteiger partial charge in [0.2, 0.25) is 11.8 Å². The number of hydrogen-bond donors (Lipinski definition) is 1. The number of aromatic nitrogens is 6. The van der Waals surface area contributed by atoms with Crippen LogP contribution < -0.4 is 10.6 Å². The largest absolute Gasteiger partial charge is 0.461 e. The second-order valence-electron chi connectivity index (χ2n) is 8.75. The van der Waals surface area contributed by atoms with Crippen LogP contribution in [0.15, 0.2) is 39.9 Å². The van der Waals surface area contributed by atoms with E-state index in [1.165, 1.54) is 10.7 Å². The van der Waals surface area contributed by atoms with Crippen LogP contribution in [-0.4, -0.2) is 53.7 Å². The van der Waals surface area contributed by atoms with Crippen LogP contribution in [0.4, 0.5) is 10.3 Å². The number of rotatable bonds is 5. The standard InChI is InChI=1S/C23H23FN8O2S/c1-13-11-15(16(24)12-26-13)14-4-6-30(7-5-14)8-9-31-20-18(35-23(31)33)21-27-19(17-3-2-10-34-17)29-32(21)22(25)28-20/h2-3,10-12,14H,4-9H2,1H3,(H2,25,28). The summed E-state index contributed by atoms with van der Waals surface area (Å²) < 4.78 is 23.4. The van der Waals surface area contributed by atoms with E-state index in [-0.39, 0.29) is 22.6 Å². The quantitative estimate of drug-likeness (QED) is 0.396. The number of fused-ring (bicyclic) bond motifs is 3. The smallest absolute Gasteiger partial charge is 0.309 e. The molecule has 0 spiro atoms. The van der Waals surface area contributed by atoms with Crippen molar-refractivity contribution in [2.24, 2.45) is 0 Å². The predicted octanol–water partition coefficient (Wildman–Crippen LogP) is 3.07. The summed E-state index contributed by atoms with van der Waals surface area (Å²) in [7, 11) is 0. The Morgan fingerprint density at radius 2 is 2.06 bits per heavy atom. The molecule has 2 N–H and O–H groups in total. The fourth-order valence-corrected chi connectivity index (χ4v) is 5.66. The van der Waals surface area contributed by atoms with Gasteiger partial charge in [0, 0.05) is 18.8 Å². The SMILES string of the molecule is Cc1cc(C2CCN(CCn3c(=O)sc4c3nc(N)n3nc(-c5ccco5)nc43)CC2)c(F)cn1. The van der Waals surface area contributed by atoms with Crippen molar-refractivity contribution >= 4 is 33.3 Å². The highest BCUT2D eigenvalue weighted by Gasteiger charge is 2.24. The molecule has 0 amide bonds. The Kier molecular flexibility index (Phi) is 5.33. The first-order valence-corrected chi connectivity index (χ1v) is 12.2. The summed E-state index contributed by atoms with van der Waals surface area (Å²) in [6.45, 7) is 4.71. The maximum absolute atomic E-state index is 14.3. The molecule has 1 saturated heterocycles. The first-order chi connectivity index (χ1) is 17.0. The Morgan fingerprint density at radius 1 is 1.23 bits per heavy atom. The van der Waals surface area contributed by atoms with Gasteiger partial charge in [0.25, 0.3) is 0 Å².